The van der Waals surface area contributed by atoms with Crippen LogP contribution in [0.1, 0.15) is 48.7 Å². The van der Waals surface area contributed by atoms with Crippen LogP contribution in [0.15, 0.2) is 48.5 Å². The fraction of sp³-hybridized carbons (Fsp3) is 0.333. The zero-order valence-electron chi connectivity index (χ0n) is 14.5. The predicted octanol–water partition coefficient (Wildman–Crippen LogP) is 4.15. The Morgan fingerprint density at radius 2 is 1.83 bits per heavy atom. The van der Waals surface area contributed by atoms with Crippen molar-refractivity contribution in [1.82, 2.24) is 0 Å². The van der Waals surface area contributed by atoms with Gasteiger partial charge in [0, 0.05) is 29.6 Å². The number of rotatable bonds is 4. The van der Waals surface area contributed by atoms with Crippen LogP contribution < -0.4 is 4.90 Å². The van der Waals surface area contributed by atoms with Gasteiger partial charge in [0.25, 0.3) is 0 Å². The lowest BCUT2D eigenvalue weighted by molar-refractivity contribution is -0.120. The lowest BCUT2D eigenvalue weighted by Crippen LogP contribution is -2.43. The van der Waals surface area contributed by atoms with E-state index in [1.165, 1.54) is 5.56 Å². The Kier molecular flexibility index (Phi) is 4.27. The molecule has 1 aliphatic heterocycles. The SMILES string of the molecule is CC(=O)c1ccc2c(c1)C(C)(C)CC(=O)N2CCc1ccccc1. The van der Waals surface area contributed by atoms with Gasteiger partial charge in [-0.1, -0.05) is 44.2 Å². The van der Waals surface area contributed by atoms with Crippen LogP contribution in [0.5, 0.6) is 0 Å². The van der Waals surface area contributed by atoms with Crippen LogP contribution in [0.2, 0.25) is 0 Å². The van der Waals surface area contributed by atoms with Crippen LogP contribution in [0, 0.1) is 0 Å². The molecule has 0 unspecified atom stereocenters. The third-order valence-corrected chi connectivity index (χ3v) is 4.78. The number of hydrogen-bond donors (Lipinski definition) is 0. The minimum absolute atomic E-state index is 0.0568. The van der Waals surface area contributed by atoms with Gasteiger partial charge in [-0.25, -0.2) is 0 Å². The lowest BCUT2D eigenvalue weighted by atomic mass is 9.76. The molecular formula is C21H23NO2. The Bertz CT molecular complexity index is 778. The molecule has 3 rings (SSSR count). The third-order valence-electron chi connectivity index (χ3n) is 4.78. The fourth-order valence-electron chi connectivity index (χ4n) is 3.37. The number of anilines is 1. The molecule has 2 aromatic rings. The van der Waals surface area contributed by atoms with Crippen molar-refractivity contribution in [2.24, 2.45) is 0 Å². The summed E-state index contributed by atoms with van der Waals surface area (Å²) in [4.78, 5) is 26.3. The van der Waals surface area contributed by atoms with Gasteiger partial charge in [0.1, 0.15) is 0 Å². The van der Waals surface area contributed by atoms with E-state index in [2.05, 4.69) is 26.0 Å². The summed E-state index contributed by atoms with van der Waals surface area (Å²) < 4.78 is 0. The van der Waals surface area contributed by atoms with Crippen LogP contribution in [0.25, 0.3) is 0 Å². The van der Waals surface area contributed by atoms with Gasteiger partial charge in [-0.3, -0.25) is 9.59 Å². The second-order valence-corrected chi connectivity index (χ2v) is 7.13. The second kappa shape index (κ2) is 6.23. The smallest absolute Gasteiger partial charge is 0.227 e. The van der Waals surface area contributed by atoms with Gasteiger partial charge < -0.3 is 4.90 Å². The Labute approximate surface area is 143 Å². The van der Waals surface area contributed by atoms with Gasteiger partial charge in [-0.15, -0.1) is 0 Å². The van der Waals surface area contributed by atoms with Crippen LogP contribution in [-0.4, -0.2) is 18.2 Å². The van der Waals surface area contributed by atoms with Crippen molar-refractivity contribution in [2.45, 2.75) is 39.0 Å². The molecule has 0 N–H and O–H groups in total. The molecule has 1 heterocycles. The van der Waals surface area contributed by atoms with E-state index in [4.69, 9.17) is 0 Å². The summed E-state index contributed by atoms with van der Waals surface area (Å²) in [6.07, 6.45) is 1.29. The number of carbonyl (C=O) groups excluding carboxylic acids is 2. The number of Topliss-reactive ketones (excluding diaryl/α,β-unsaturated/α-hetero) is 1. The largest absolute Gasteiger partial charge is 0.312 e. The summed E-state index contributed by atoms with van der Waals surface area (Å²) in [6.45, 7) is 6.38. The topological polar surface area (TPSA) is 37.4 Å². The van der Waals surface area contributed by atoms with Gasteiger partial charge in [-0.2, -0.15) is 0 Å². The molecule has 0 saturated carbocycles. The van der Waals surface area contributed by atoms with Crippen LogP contribution in [0.3, 0.4) is 0 Å². The molecule has 1 amide bonds. The number of hydrogen-bond acceptors (Lipinski definition) is 2. The van der Waals surface area contributed by atoms with Crippen molar-refractivity contribution in [1.29, 1.82) is 0 Å². The molecule has 3 nitrogen and oxygen atoms in total. The van der Waals surface area contributed by atoms with E-state index >= 15 is 0 Å². The highest BCUT2D eigenvalue weighted by atomic mass is 16.2. The Balaban J connectivity index is 1.94. The minimum atomic E-state index is -0.249. The maximum Gasteiger partial charge on any atom is 0.227 e. The maximum absolute atomic E-state index is 12.7. The summed E-state index contributed by atoms with van der Waals surface area (Å²) in [5.74, 6) is 0.209. The zero-order valence-corrected chi connectivity index (χ0v) is 14.5. The van der Waals surface area contributed by atoms with E-state index < -0.39 is 0 Å². The molecule has 24 heavy (non-hydrogen) atoms. The van der Waals surface area contributed by atoms with Gasteiger partial charge in [0.2, 0.25) is 5.91 Å². The van der Waals surface area contributed by atoms with E-state index in [0.29, 0.717) is 18.5 Å². The number of carbonyl (C=O) groups is 2. The molecule has 124 valence electrons. The van der Waals surface area contributed by atoms with Crippen molar-refractivity contribution in [2.75, 3.05) is 11.4 Å². The van der Waals surface area contributed by atoms with Crippen molar-refractivity contribution in [3.8, 4) is 0 Å². The van der Waals surface area contributed by atoms with E-state index in [9.17, 15) is 9.59 Å². The van der Waals surface area contributed by atoms with Crippen molar-refractivity contribution in [3.63, 3.8) is 0 Å². The summed E-state index contributed by atoms with van der Waals surface area (Å²) in [6, 6.07) is 15.9. The van der Waals surface area contributed by atoms with Crippen molar-refractivity contribution < 1.29 is 9.59 Å². The first kappa shape index (κ1) is 16.4. The van der Waals surface area contributed by atoms with E-state index in [0.717, 1.165) is 17.7 Å². The molecule has 0 fully saturated rings. The number of nitrogens with zero attached hydrogens (tertiary/aromatic N) is 1. The molecule has 0 aromatic heterocycles. The first-order chi connectivity index (χ1) is 11.4. The van der Waals surface area contributed by atoms with E-state index in [-0.39, 0.29) is 17.1 Å². The number of ketones is 1. The summed E-state index contributed by atoms with van der Waals surface area (Å²) >= 11 is 0. The minimum Gasteiger partial charge on any atom is -0.312 e. The Hall–Kier alpha value is -2.42. The monoisotopic (exact) mass is 321 g/mol. The number of fused-ring (bicyclic) bond motifs is 1. The summed E-state index contributed by atoms with van der Waals surface area (Å²) in [7, 11) is 0. The van der Waals surface area contributed by atoms with Gasteiger partial charge in [-0.05, 0) is 42.7 Å². The zero-order chi connectivity index (χ0) is 17.3. The normalized spacial score (nSPS) is 16.0. The molecule has 0 saturated heterocycles. The predicted molar refractivity (Wildman–Crippen MR) is 96.6 cm³/mol. The molecule has 0 atom stereocenters. The number of amides is 1. The quantitative estimate of drug-likeness (QED) is 0.794. The Morgan fingerprint density at radius 1 is 1.12 bits per heavy atom. The average molecular weight is 321 g/mol. The van der Waals surface area contributed by atoms with Gasteiger partial charge >= 0.3 is 0 Å². The van der Waals surface area contributed by atoms with Crippen LogP contribution >= 0.6 is 0 Å². The molecule has 3 heteroatoms. The van der Waals surface area contributed by atoms with E-state index in [1.54, 1.807) is 6.92 Å². The Morgan fingerprint density at radius 3 is 2.50 bits per heavy atom. The van der Waals surface area contributed by atoms with E-state index in [1.807, 2.05) is 41.3 Å². The lowest BCUT2D eigenvalue weighted by Gasteiger charge is -2.39. The summed E-state index contributed by atoms with van der Waals surface area (Å²) in [5, 5.41) is 0. The molecule has 1 aliphatic rings. The highest BCUT2D eigenvalue weighted by Gasteiger charge is 2.36. The van der Waals surface area contributed by atoms with Crippen LogP contribution in [-0.2, 0) is 16.6 Å². The highest BCUT2D eigenvalue weighted by molar-refractivity contribution is 6.00. The molecule has 0 bridgehead atoms. The summed E-state index contributed by atoms with van der Waals surface area (Å²) in [5.41, 5.74) is 3.71. The molecule has 0 aliphatic carbocycles. The van der Waals surface area contributed by atoms with Crippen LogP contribution in [0.4, 0.5) is 5.69 Å². The number of benzene rings is 2. The van der Waals surface area contributed by atoms with Gasteiger partial charge in [0.15, 0.2) is 5.78 Å². The molecule has 0 radical (unpaired) electrons. The fourth-order valence-corrected chi connectivity index (χ4v) is 3.37. The standard InChI is InChI=1S/C21H23NO2/c1-15(23)17-9-10-19-18(13-17)21(2,3)14-20(24)22(19)12-11-16-7-5-4-6-8-16/h4-10,13H,11-12,14H2,1-3H3. The molecule has 2 aromatic carbocycles. The van der Waals surface area contributed by atoms with Crippen molar-refractivity contribution in [3.05, 3.63) is 65.2 Å². The third kappa shape index (κ3) is 3.12. The van der Waals surface area contributed by atoms with Crippen molar-refractivity contribution >= 4 is 17.4 Å². The van der Waals surface area contributed by atoms with Gasteiger partial charge in [0.05, 0.1) is 0 Å². The second-order valence-electron chi connectivity index (χ2n) is 7.13. The highest BCUT2D eigenvalue weighted by Crippen LogP contribution is 2.40. The average Bonchev–Trinajstić information content (AvgIpc) is 2.54. The first-order valence-corrected chi connectivity index (χ1v) is 8.38. The maximum atomic E-state index is 12.7. The first-order valence-electron chi connectivity index (χ1n) is 8.38. The molecular weight excluding hydrogens is 298 g/mol. The molecule has 0 spiro atoms.